The van der Waals surface area contributed by atoms with Gasteiger partial charge in [0.25, 0.3) is 0 Å². The van der Waals surface area contributed by atoms with Gasteiger partial charge >= 0.3 is 0 Å². The summed E-state index contributed by atoms with van der Waals surface area (Å²) in [7, 11) is 1.55. The third kappa shape index (κ3) is 2.58. The first-order valence-electron chi connectivity index (χ1n) is 12.3. The van der Waals surface area contributed by atoms with Crippen LogP contribution in [0.3, 0.4) is 0 Å². The van der Waals surface area contributed by atoms with Crippen molar-refractivity contribution in [3.05, 3.63) is 96.1 Å². The molecule has 2 amide bonds. The van der Waals surface area contributed by atoms with Crippen LogP contribution in [0.5, 0.6) is 5.75 Å². The highest BCUT2D eigenvalue weighted by atomic mass is 16.5. The lowest BCUT2D eigenvalue weighted by Gasteiger charge is -2.37. The maximum absolute atomic E-state index is 14.5. The van der Waals surface area contributed by atoms with E-state index in [1.165, 1.54) is 4.90 Å². The number of ketones is 1. The summed E-state index contributed by atoms with van der Waals surface area (Å²) in [4.78, 5) is 44.0. The number of amides is 2. The fraction of sp³-hybridized carbons (Fsp3) is 0.258. The van der Waals surface area contributed by atoms with Crippen LogP contribution in [-0.2, 0) is 14.4 Å². The average molecular weight is 478 g/mol. The van der Waals surface area contributed by atoms with Gasteiger partial charge in [0.1, 0.15) is 5.75 Å². The molecule has 0 unspecified atom stereocenters. The molecule has 0 aromatic heterocycles. The number of carbonyl (C=O) groups excluding carboxylic acids is 3. The van der Waals surface area contributed by atoms with Crippen molar-refractivity contribution in [1.82, 2.24) is 0 Å². The van der Waals surface area contributed by atoms with Crippen molar-refractivity contribution >= 4 is 34.4 Å². The van der Waals surface area contributed by atoms with E-state index < -0.39 is 22.7 Å². The SMILES string of the molecule is CC[C@]12C(=O)[C@@](C)(C(c3ccccc3)=C1c1ccccc1)[C@@H]1C(=O)N(c3cccc(OC)c3)C(=O)[C@H]12. The van der Waals surface area contributed by atoms with Crippen LogP contribution in [-0.4, -0.2) is 24.7 Å². The van der Waals surface area contributed by atoms with Crippen molar-refractivity contribution in [1.29, 1.82) is 0 Å². The predicted octanol–water partition coefficient (Wildman–Crippen LogP) is 5.41. The number of nitrogens with zero attached hydrogens (tertiary/aromatic N) is 1. The number of ether oxygens (including phenoxy) is 1. The minimum Gasteiger partial charge on any atom is -0.497 e. The summed E-state index contributed by atoms with van der Waals surface area (Å²) < 4.78 is 5.35. The van der Waals surface area contributed by atoms with Gasteiger partial charge in [-0.25, -0.2) is 4.90 Å². The summed E-state index contributed by atoms with van der Waals surface area (Å²) in [5.74, 6) is -1.58. The van der Waals surface area contributed by atoms with E-state index >= 15 is 0 Å². The van der Waals surface area contributed by atoms with Crippen LogP contribution in [0.1, 0.15) is 31.4 Å². The van der Waals surface area contributed by atoms with Gasteiger partial charge in [-0.3, -0.25) is 14.4 Å². The zero-order valence-electron chi connectivity index (χ0n) is 20.5. The molecule has 5 heteroatoms. The number of hydrogen-bond donors (Lipinski definition) is 0. The van der Waals surface area contributed by atoms with Gasteiger partial charge in [0.2, 0.25) is 11.8 Å². The molecular formula is C31H27NO4. The summed E-state index contributed by atoms with van der Waals surface area (Å²) >= 11 is 0. The fourth-order valence-corrected chi connectivity index (χ4v) is 7.13. The Morgan fingerprint density at radius 1 is 0.778 bits per heavy atom. The smallest absolute Gasteiger partial charge is 0.239 e. The second-order valence-electron chi connectivity index (χ2n) is 10.0. The quantitative estimate of drug-likeness (QED) is 0.461. The first-order chi connectivity index (χ1) is 17.4. The van der Waals surface area contributed by atoms with Crippen LogP contribution >= 0.6 is 0 Å². The number of anilines is 1. The van der Waals surface area contributed by atoms with Gasteiger partial charge in [0.15, 0.2) is 5.78 Å². The molecule has 3 aromatic rings. The molecule has 4 atom stereocenters. The number of rotatable bonds is 5. The molecule has 0 spiro atoms. The molecule has 1 heterocycles. The Bertz CT molecular complexity index is 1440. The second kappa shape index (κ2) is 7.76. The maximum atomic E-state index is 14.5. The number of Topliss-reactive ketones (excluding diaryl/α,β-unsaturated/α-hetero) is 1. The molecule has 1 saturated heterocycles. The molecule has 36 heavy (non-hydrogen) atoms. The largest absolute Gasteiger partial charge is 0.497 e. The molecular weight excluding hydrogens is 450 g/mol. The van der Waals surface area contributed by atoms with E-state index in [0.717, 1.165) is 22.3 Å². The Hall–Kier alpha value is -3.99. The van der Waals surface area contributed by atoms with Crippen molar-refractivity contribution in [2.45, 2.75) is 20.3 Å². The van der Waals surface area contributed by atoms with E-state index in [0.29, 0.717) is 17.9 Å². The van der Waals surface area contributed by atoms with E-state index in [4.69, 9.17) is 4.74 Å². The van der Waals surface area contributed by atoms with E-state index in [2.05, 4.69) is 0 Å². The summed E-state index contributed by atoms with van der Waals surface area (Å²) in [5, 5.41) is 0. The van der Waals surface area contributed by atoms with Gasteiger partial charge in [-0.2, -0.15) is 0 Å². The lowest BCUT2D eigenvalue weighted by molar-refractivity contribution is -0.134. The van der Waals surface area contributed by atoms with E-state index in [1.807, 2.05) is 74.5 Å². The molecule has 180 valence electrons. The Labute approximate surface area is 210 Å². The highest BCUT2D eigenvalue weighted by Gasteiger charge is 2.79. The van der Waals surface area contributed by atoms with Gasteiger partial charge in [-0.15, -0.1) is 0 Å². The summed E-state index contributed by atoms with van der Waals surface area (Å²) in [6, 6.07) is 26.7. The monoisotopic (exact) mass is 477 g/mol. The molecule has 3 aliphatic rings. The van der Waals surface area contributed by atoms with Gasteiger partial charge < -0.3 is 4.74 Å². The third-order valence-corrected chi connectivity index (χ3v) is 8.55. The Morgan fingerprint density at radius 3 is 1.94 bits per heavy atom. The highest BCUT2D eigenvalue weighted by Crippen LogP contribution is 2.74. The van der Waals surface area contributed by atoms with Crippen molar-refractivity contribution in [3.8, 4) is 5.75 Å². The molecule has 2 fully saturated rings. The average Bonchev–Trinajstić information content (AvgIpc) is 3.39. The summed E-state index contributed by atoms with van der Waals surface area (Å²) in [5.41, 5.74) is 1.88. The Balaban J connectivity index is 1.63. The highest BCUT2D eigenvalue weighted by molar-refractivity contribution is 6.34. The molecule has 1 aliphatic heterocycles. The van der Waals surface area contributed by atoms with Crippen LogP contribution < -0.4 is 9.64 Å². The predicted molar refractivity (Wildman–Crippen MR) is 138 cm³/mol. The van der Waals surface area contributed by atoms with Crippen molar-refractivity contribution < 1.29 is 19.1 Å². The Morgan fingerprint density at radius 2 is 1.36 bits per heavy atom. The minimum absolute atomic E-state index is 0.0165. The van der Waals surface area contributed by atoms with Crippen LogP contribution in [0.15, 0.2) is 84.9 Å². The van der Waals surface area contributed by atoms with Crippen LogP contribution in [0, 0.1) is 22.7 Å². The van der Waals surface area contributed by atoms with Gasteiger partial charge in [-0.1, -0.05) is 73.7 Å². The topological polar surface area (TPSA) is 63.7 Å². The Kier molecular flexibility index (Phi) is 4.84. The number of methoxy groups -OCH3 is 1. The van der Waals surface area contributed by atoms with Crippen LogP contribution in [0.4, 0.5) is 5.69 Å². The zero-order valence-corrected chi connectivity index (χ0v) is 20.5. The molecule has 0 radical (unpaired) electrons. The molecule has 1 saturated carbocycles. The molecule has 0 N–H and O–H groups in total. The second-order valence-corrected chi connectivity index (χ2v) is 10.0. The number of hydrogen-bond acceptors (Lipinski definition) is 4. The number of imide groups is 1. The van der Waals surface area contributed by atoms with Gasteiger partial charge in [0, 0.05) is 6.07 Å². The van der Waals surface area contributed by atoms with Crippen LogP contribution in [0.2, 0.25) is 0 Å². The number of benzene rings is 3. The van der Waals surface area contributed by atoms with E-state index in [9.17, 15) is 14.4 Å². The molecule has 6 rings (SSSR count). The van der Waals surface area contributed by atoms with Crippen LogP contribution in [0.25, 0.3) is 11.1 Å². The van der Waals surface area contributed by atoms with Crippen molar-refractivity contribution in [2.75, 3.05) is 12.0 Å². The minimum atomic E-state index is -1.12. The summed E-state index contributed by atoms with van der Waals surface area (Å²) in [6.45, 7) is 3.84. The normalized spacial score (nSPS) is 28.8. The standard InChI is InChI=1S/C31H27NO4/c1-4-31-24(20-14-9-6-10-15-20)23(19-12-7-5-8-13-19)30(2,29(31)35)25-26(31)28(34)32(27(25)33)21-16-11-17-22(18-21)36-3/h5-18,25-26H,4H2,1-3H3/t25-,26-,30-,31-/m0/s1. The number of carbonyl (C=O) groups is 3. The van der Waals surface area contributed by atoms with E-state index in [-0.39, 0.29) is 17.6 Å². The molecule has 2 bridgehead atoms. The van der Waals surface area contributed by atoms with Gasteiger partial charge in [0.05, 0.1) is 35.5 Å². The first kappa shape index (κ1) is 22.5. The maximum Gasteiger partial charge on any atom is 0.239 e. The van der Waals surface area contributed by atoms with Crippen molar-refractivity contribution in [3.63, 3.8) is 0 Å². The fourth-order valence-electron chi connectivity index (χ4n) is 7.13. The molecule has 3 aromatic carbocycles. The third-order valence-electron chi connectivity index (χ3n) is 8.55. The first-order valence-corrected chi connectivity index (χ1v) is 12.3. The number of allylic oxidation sites excluding steroid dienone is 2. The zero-order chi connectivity index (χ0) is 25.2. The summed E-state index contributed by atoms with van der Waals surface area (Å²) in [6.07, 6.45) is 0.439. The van der Waals surface area contributed by atoms with Crippen molar-refractivity contribution in [2.24, 2.45) is 22.7 Å². The number of fused-ring (bicyclic) bond motifs is 5. The lowest BCUT2D eigenvalue weighted by Crippen LogP contribution is -2.41. The lowest BCUT2D eigenvalue weighted by atomic mass is 9.62. The van der Waals surface area contributed by atoms with Gasteiger partial charge in [-0.05, 0) is 47.8 Å². The van der Waals surface area contributed by atoms with E-state index in [1.54, 1.807) is 31.4 Å². The molecule has 2 aliphatic carbocycles. The molecule has 5 nitrogen and oxygen atoms in total.